The maximum absolute atomic E-state index is 12.6. The van der Waals surface area contributed by atoms with Gasteiger partial charge in [-0.25, -0.2) is 4.98 Å². The molecular formula is C20H19N3O3S. The van der Waals surface area contributed by atoms with E-state index in [1.165, 1.54) is 13.0 Å². The minimum absolute atomic E-state index is 0.0114. The van der Waals surface area contributed by atoms with Crippen LogP contribution in [0, 0.1) is 6.92 Å². The summed E-state index contributed by atoms with van der Waals surface area (Å²) in [6, 6.07) is 16.1. The number of aryl methyl sites for hydroxylation is 1. The number of thiazole rings is 1. The summed E-state index contributed by atoms with van der Waals surface area (Å²) >= 11 is 1.15. The van der Waals surface area contributed by atoms with Gasteiger partial charge in [0.2, 0.25) is 5.91 Å². The fourth-order valence-electron chi connectivity index (χ4n) is 2.55. The van der Waals surface area contributed by atoms with Crippen molar-refractivity contribution in [3.05, 3.63) is 70.7 Å². The molecule has 2 aromatic carbocycles. The second kappa shape index (κ2) is 8.01. The number of phenolic OH excluding ortho intramolecular Hbond substituents is 1. The van der Waals surface area contributed by atoms with Gasteiger partial charge in [-0.1, -0.05) is 53.8 Å². The van der Waals surface area contributed by atoms with E-state index in [4.69, 9.17) is 0 Å². The van der Waals surface area contributed by atoms with Crippen LogP contribution in [0.2, 0.25) is 0 Å². The van der Waals surface area contributed by atoms with Gasteiger partial charge < -0.3 is 10.4 Å². The van der Waals surface area contributed by atoms with Crippen LogP contribution in [-0.2, 0) is 11.3 Å². The van der Waals surface area contributed by atoms with Crippen molar-refractivity contribution in [1.29, 1.82) is 0 Å². The van der Waals surface area contributed by atoms with Crippen molar-refractivity contribution in [3.63, 3.8) is 0 Å². The van der Waals surface area contributed by atoms with E-state index in [9.17, 15) is 14.7 Å². The van der Waals surface area contributed by atoms with Crippen LogP contribution in [0.25, 0.3) is 0 Å². The van der Waals surface area contributed by atoms with Gasteiger partial charge in [0.25, 0.3) is 5.91 Å². The highest BCUT2D eigenvalue weighted by Crippen LogP contribution is 2.29. The first-order valence-corrected chi connectivity index (χ1v) is 9.16. The number of carbonyl (C=O) groups is 2. The number of nitrogens with one attached hydrogen (secondary N) is 1. The molecule has 0 spiro atoms. The third-order valence-electron chi connectivity index (χ3n) is 3.94. The lowest BCUT2D eigenvalue weighted by Crippen LogP contribution is -2.27. The van der Waals surface area contributed by atoms with Crippen LogP contribution in [0.5, 0.6) is 5.75 Å². The van der Waals surface area contributed by atoms with Crippen molar-refractivity contribution in [2.75, 3.05) is 10.2 Å². The zero-order valence-corrected chi connectivity index (χ0v) is 15.8. The number of nitrogens with zero attached hydrogens (tertiary/aromatic N) is 2. The molecule has 0 radical (unpaired) electrons. The van der Waals surface area contributed by atoms with Crippen LogP contribution in [0.15, 0.2) is 54.6 Å². The Morgan fingerprint density at radius 3 is 2.44 bits per heavy atom. The lowest BCUT2D eigenvalue weighted by Gasteiger charge is -2.17. The van der Waals surface area contributed by atoms with E-state index in [0.717, 1.165) is 16.9 Å². The van der Waals surface area contributed by atoms with Crippen molar-refractivity contribution in [3.8, 4) is 5.75 Å². The van der Waals surface area contributed by atoms with E-state index < -0.39 is 0 Å². The van der Waals surface area contributed by atoms with E-state index in [2.05, 4.69) is 10.3 Å². The summed E-state index contributed by atoms with van der Waals surface area (Å²) in [4.78, 5) is 31.1. The Kier molecular flexibility index (Phi) is 5.52. The fraction of sp³-hybridized carbons (Fsp3) is 0.150. The first kappa shape index (κ1) is 18.6. The Hall–Kier alpha value is -3.19. The fourth-order valence-corrected chi connectivity index (χ4v) is 3.55. The molecule has 27 heavy (non-hydrogen) atoms. The van der Waals surface area contributed by atoms with E-state index in [0.29, 0.717) is 27.9 Å². The zero-order chi connectivity index (χ0) is 19.4. The summed E-state index contributed by atoms with van der Waals surface area (Å²) in [6.45, 7) is 3.58. The molecular weight excluding hydrogens is 362 g/mol. The number of phenols is 1. The van der Waals surface area contributed by atoms with Gasteiger partial charge in [0.05, 0.1) is 17.9 Å². The number of anilines is 2. The number of carbonyl (C=O) groups excluding carboxylic acids is 2. The molecule has 7 heteroatoms. The van der Waals surface area contributed by atoms with Gasteiger partial charge in [-0.05, 0) is 24.6 Å². The predicted molar refractivity (Wildman–Crippen MR) is 106 cm³/mol. The lowest BCUT2D eigenvalue weighted by molar-refractivity contribution is -0.116. The molecule has 3 rings (SSSR count). The Morgan fingerprint density at radius 2 is 1.78 bits per heavy atom. The van der Waals surface area contributed by atoms with E-state index >= 15 is 0 Å². The lowest BCUT2D eigenvalue weighted by atomic mass is 10.2. The Bertz CT molecular complexity index is 970. The van der Waals surface area contributed by atoms with E-state index in [-0.39, 0.29) is 17.6 Å². The van der Waals surface area contributed by atoms with Crippen LogP contribution >= 0.6 is 11.3 Å². The average molecular weight is 381 g/mol. The molecule has 0 aliphatic rings. The molecule has 0 aliphatic heterocycles. The number of para-hydroxylation sites is 2. The summed E-state index contributed by atoms with van der Waals surface area (Å²) in [5, 5.41) is 13.0. The van der Waals surface area contributed by atoms with Crippen LogP contribution in [0.4, 0.5) is 10.8 Å². The van der Waals surface area contributed by atoms with Gasteiger partial charge in [-0.15, -0.1) is 0 Å². The van der Waals surface area contributed by atoms with Crippen LogP contribution in [0.3, 0.4) is 0 Å². The van der Waals surface area contributed by atoms with Crippen molar-refractivity contribution in [2.24, 2.45) is 0 Å². The highest BCUT2D eigenvalue weighted by molar-refractivity contribution is 7.17. The normalized spacial score (nSPS) is 10.4. The molecule has 2 amide bonds. The largest absolute Gasteiger partial charge is 0.506 e. The summed E-state index contributed by atoms with van der Waals surface area (Å²) < 4.78 is 0. The monoisotopic (exact) mass is 381 g/mol. The van der Waals surface area contributed by atoms with Crippen LogP contribution in [-0.4, -0.2) is 21.9 Å². The summed E-state index contributed by atoms with van der Waals surface area (Å²) in [5.41, 5.74) is 1.83. The standard InChI is InChI=1S/C20H19N3O3S/c1-13-18(19(26)22-16-10-6-7-11-17(16)25)27-20(21-13)23(14(2)24)12-15-8-4-3-5-9-15/h3-11,25H,12H2,1-2H3,(H,22,26). The maximum Gasteiger partial charge on any atom is 0.267 e. The molecule has 0 aliphatic carbocycles. The average Bonchev–Trinajstić information content (AvgIpc) is 3.03. The Balaban J connectivity index is 1.84. The highest BCUT2D eigenvalue weighted by Gasteiger charge is 2.22. The number of rotatable bonds is 5. The molecule has 3 aromatic rings. The number of aromatic hydroxyl groups is 1. The topological polar surface area (TPSA) is 82.5 Å². The molecule has 1 aromatic heterocycles. The second-order valence-electron chi connectivity index (χ2n) is 5.97. The molecule has 2 N–H and O–H groups in total. The molecule has 0 fully saturated rings. The molecule has 0 unspecified atom stereocenters. The molecule has 0 saturated carbocycles. The number of amides is 2. The van der Waals surface area contributed by atoms with Gasteiger partial charge >= 0.3 is 0 Å². The maximum atomic E-state index is 12.6. The molecule has 0 atom stereocenters. The Morgan fingerprint density at radius 1 is 1.11 bits per heavy atom. The van der Waals surface area contributed by atoms with Crippen LogP contribution in [0.1, 0.15) is 27.9 Å². The van der Waals surface area contributed by atoms with Crippen molar-refractivity contribution in [2.45, 2.75) is 20.4 Å². The smallest absolute Gasteiger partial charge is 0.267 e. The first-order chi connectivity index (χ1) is 13.0. The highest BCUT2D eigenvalue weighted by atomic mass is 32.1. The molecule has 1 heterocycles. The minimum Gasteiger partial charge on any atom is -0.506 e. The third kappa shape index (κ3) is 4.32. The summed E-state index contributed by atoms with van der Waals surface area (Å²) in [6.07, 6.45) is 0. The third-order valence-corrected chi connectivity index (χ3v) is 5.12. The summed E-state index contributed by atoms with van der Waals surface area (Å²) in [7, 11) is 0. The number of hydrogen-bond acceptors (Lipinski definition) is 5. The number of hydrogen-bond donors (Lipinski definition) is 2. The Labute approximate surface area is 161 Å². The predicted octanol–water partition coefficient (Wildman–Crippen LogP) is 3.96. The quantitative estimate of drug-likeness (QED) is 0.655. The van der Waals surface area contributed by atoms with Crippen molar-refractivity contribution < 1.29 is 14.7 Å². The van der Waals surface area contributed by atoms with Gasteiger partial charge in [-0.3, -0.25) is 14.5 Å². The number of benzene rings is 2. The van der Waals surface area contributed by atoms with Crippen molar-refractivity contribution in [1.82, 2.24) is 4.98 Å². The van der Waals surface area contributed by atoms with Crippen LogP contribution < -0.4 is 10.2 Å². The van der Waals surface area contributed by atoms with Crippen molar-refractivity contribution >= 4 is 34.0 Å². The van der Waals surface area contributed by atoms with E-state index in [1.807, 2.05) is 30.3 Å². The summed E-state index contributed by atoms with van der Waals surface area (Å²) in [5.74, 6) is -0.538. The molecule has 138 valence electrons. The molecule has 6 nitrogen and oxygen atoms in total. The van der Waals surface area contributed by atoms with Gasteiger partial charge in [0, 0.05) is 6.92 Å². The number of aromatic nitrogens is 1. The zero-order valence-electron chi connectivity index (χ0n) is 15.0. The molecule has 0 saturated heterocycles. The minimum atomic E-state index is -0.374. The SMILES string of the molecule is CC(=O)N(Cc1ccccc1)c1nc(C)c(C(=O)Nc2ccccc2O)s1. The van der Waals surface area contributed by atoms with Gasteiger partial charge in [0.1, 0.15) is 10.6 Å². The van der Waals surface area contributed by atoms with Gasteiger partial charge in [-0.2, -0.15) is 0 Å². The first-order valence-electron chi connectivity index (χ1n) is 8.34. The van der Waals surface area contributed by atoms with Gasteiger partial charge in [0.15, 0.2) is 5.13 Å². The second-order valence-corrected chi connectivity index (χ2v) is 6.95. The van der Waals surface area contributed by atoms with E-state index in [1.54, 1.807) is 30.0 Å². The molecule has 0 bridgehead atoms.